The second-order valence-corrected chi connectivity index (χ2v) is 3.96. The molecule has 1 rings (SSSR count). The van der Waals surface area contributed by atoms with Crippen LogP contribution in [0.4, 0.5) is 4.39 Å². The largest absolute Gasteiger partial charge is 0.491 e. The van der Waals surface area contributed by atoms with Crippen molar-refractivity contribution in [2.75, 3.05) is 5.88 Å². The molecule has 1 aromatic carbocycles. The normalized spacial score (nSPS) is 9.81. The number of alkyl halides is 1. The van der Waals surface area contributed by atoms with Gasteiger partial charge in [0.25, 0.3) is 0 Å². The van der Waals surface area contributed by atoms with Crippen LogP contribution in [0.1, 0.15) is 25.8 Å². The molecule has 0 heterocycles. The quantitative estimate of drug-likeness (QED) is 0.580. The van der Waals surface area contributed by atoms with Crippen LogP contribution in [0, 0.1) is 17.7 Å². The molecule has 16 heavy (non-hydrogen) atoms. The maximum Gasteiger partial charge on any atom is 0.128 e. The first-order valence-electron chi connectivity index (χ1n) is 5.14. The Morgan fingerprint density at radius 2 is 2.12 bits per heavy atom. The molecule has 86 valence electrons. The summed E-state index contributed by atoms with van der Waals surface area (Å²) in [5.74, 6) is 6.35. The van der Waals surface area contributed by atoms with E-state index >= 15 is 0 Å². The summed E-state index contributed by atoms with van der Waals surface area (Å²) in [7, 11) is 0. The van der Waals surface area contributed by atoms with Gasteiger partial charge in [0.1, 0.15) is 11.6 Å². The van der Waals surface area contributed by atoms with Crippen molar-refractivity contribution in [1.29, 1.82) is 0 Å². The van der Waals surface area contributed by atoms with E-state index in [0.29, 0.717) is 23.6 Å². The Morgan fingerprint density at radius 1 is 1.38 bits per heavy atom. The van der Waals surface area contributed by atoms with Crippen molar-refractivity contribution in [3.05, 3.63) is 29.6 Å². The van der Waals surface area contributed by atoms with Crippen LogP contribution < -0.4 is 4.74 Å². The molecule has 1 aromatic rings. The molecule has 0 aliphatic carbocycles. The predicted octanol–water partition coefficient (Wildman–Crippen LogP) is 3.59. The van der Waals surface area contributed by atoms with Crippen LogP contribution >= 0.6 is 11.6 Å². The average Bonchev–Trinajstić information content (AvgIpc) is 2.16. The standard InChI is InChI=1S/C13H14ClFO/c1-10(2)16-13-8-11(5-3-4-6-14)7-12(15)9-13/h7-10H,4,6H2,1-2H3. The first-order valence-corrected chi connectivity index (χ1v) is 5.67. The van der Waals surface area contributed by atoms with Crippen molar-refractivity contribution in [2.24, 2.45) is 0 Å². The number of rotatable bonds is 3. The lowest BCUT2D eigenvalue weighted by Gasteiger charge is -2.09. The zero-order valence-corrected chi connectivity index (χ0v) is 10.1. The topological polar surface area (TPSA) is 9.23 Å². The Kier molecular flexibility index (Phi) is 5.14. The number of ether oxygens (including phenoxy) is 1. The summed E-state index contributed by atoms with van der Waals surface area (Å²) in [6, 6.07) is 4.46. The Morgan fingerprint density at radius 3 is 2.75 bits per heavy atom. The van der Waals surface area contributed by atoms with Crippen molar-refractivity contribution in [3.63, 3.8) is 0 Å². The van der Waals surface area contributed by atoms with Crippen LogP contribution in [0.25, 0.3) is 0 Å². The van der Waals surface area contributed by atoms with Crippen LogP contribution in [0.2, 0.25) is 0 Å². The lowest BCUT2D eigenvalue weighted by molar-refractivity contribution is 0.241. The second-order valence-electron chi connectivity index (χ2n) is 3.58. The van der Waals surface area contributed by atoms with E-state index in [-0.39, 0.29) is 11.9 Å². The maximum atomic E-state index is 13.2. The third-order valence-corrected chi connectivity index (χ3v) is 1.88. The van der Waals surface area contributed by atoms with Gasteiger partial charge in [-0.15, -0.1) is 11.6 Å². The molecule has 0 aliphatic rings. The SMILES string of the molecule is CC(C)Oc1cc(F)cc(C#CCCCl)c1. The molecular weight excluding hydrogens is 227 g/mol. The van der Waals surface area contributed by atoms with Gasteiger partial charge in [0.15, 0.2) is 0 Å². The van der Waals surface area contributed by atoms with Crippen LogP contribution in [0.3, 0.4) is 0 Å². The minimum Gasteiger partial charge on any atom is -0.491 e. The van der Waals surface area contributed by atoms with Gasteiger partial charge in [0, 0.05) is 23.9 Å². The first-order chi connectivity index (χ1) is 7.61. The third-order valence-electron chi connectivity index (χ3n) is 1.70. The number of benzene rings is 1. The fraction of sp³-hybridized carbons (Fsp3) is 0.385. The van der Waals surface area contributed by atoms with Crippen LogP contribution in [-0.4, -0.2) is 12.0 Å². The molecule has 0 saturated carbocycles. The highest BCUT2D eigenvalue weighted by Gasteiger charge is 2.02. The van der Waals surface area contributed by atoms with Gasteiger partial charge in [-0.1, -0.05) is 11.8 Å². The summed E-state index contributed by atoms with van der Waals surface area (Å²) >= 11 is 5.50. The smallest absolute Gasteiger partial charge is 0.128 e. The lowest BCUT2D eigenvalue weighted by Crippen LogP contribution is -2.05. The summed E-state index contributed by atoms with van der Waals surface area (Å²) in [5, 5.41) is 0. The Balaban J connectivity index is 2.86. The van der Waals surface area contributed by atoms with Crippen molar-refractivity contribution in [1.82, 2.24) is 0 Å². The second kappa shape index (κ2) is 6.40. The Bertz CT molecular complexity index is 404. The molecule has 0 fully saturated rings. The Labute approximate surface area is 101 Å². The van der Waals surface area contributed by atoms with E-state index in [1.807, 2.05) is 13.8 Å². The molecular formula is C13H14ClFO. The van der Waals surface area contributed by atoms with Crippen molar-refractivity contribution in [3.8, 4) is 17.6 Å². The molecule has 0 radical (unpaired) electrons. The summed E-state index contributed by atoms with van der Waals surface area (Å²) < 4.78 is 18.6. The van der Waals surface area contributed by atoms with Crippen LogP contribution in [-0.2, 0) is 0 Å². The molecule has 0 aliphatic heterocycles. The van der Waals surface area contributed by atoms with E-state index in [1.54, 1.807) is 6.07 Å². The van der Waals surface area contributed by atoms with E-state index < -0.39 is 0 Å². The van der Waals surface area contributed by atoms with E-state index in [2.05, 4.69) is 11.8 Å². The van der Waals surface area contributed by atoms with Crippen molar-refractivity contribution in [2.45, 2.75) is 26.4 Å². The molecule has 1 nitrogen and oxygen atoms in total. The molecule has 0 bridgehead atoms. The van der Waals surface area contributed by atoms with Crippen molar-refractivity contribution >= 4 is 11.6 Å². The highest BCUT2D eigenvalue weighted by atomic mass is 35.5. The fourth-order valence-corrected chi connectivity index (χ4v) is 1.28. The van der Waals surface area contributed by atoms with Gasteiger partial charge in [-0.05, 0) is 26.0 Å². The van der Waals surface area contributed by atoms with Gasteiger partial charge in [0.05, 0.1) is 6.10 Å². The zero-order valence-electron chi connectivity index (χ0n) is 9.39. The van der Waals surface area contributed by atoms with Gasteiger partial charge >= 0.3 is 0 Å². The lowest BCUT2D eigenvalue weighted by atomic mass is 10.2. The summed E-state index contributed by atoms with van der Waals surface area (Å²) in [6.07, 6.45) is 0.615. The molecule has 0 amide bonds. The highest BCUT2D eigenvalue weighted by Crippen LogP contribution is 2.17. The zero-order chi connectivity index (χ0) is 12.0. The maximum absolute atomic E-state index is 13.2. The summed E-state index contributed by atoms with van der Waals surface area (Å²) in [4.78, 5) is 0. The highest BCUT2D eigenvalue weighted by molar-refractivity contribution is 6.18. The van der Waals surface area contributed by atoms with Crippen LogP contribution in [0.5, 0.6) is 5.75 Å². The van der Waals surface area contributed by atoms with Crippen LogP contribution in [0.15, 0.2) is 18.2 Å². The number of halogens is 2. The van der Waals surface area contributed by atoms with Gasteiger partial charge in [-0.2, -0.15) is 0 Å². The molecule has 0 atom stereocenters. The van der Waals surface area contributed by atoms with Gasteiger partial charge in [0.2, 0.25) is 0 Å². The summed E-state index contributed by atoms with van der Waals surface area (Å²) in [6.45, 7) is 3.79. The van der Waals surface area contributed by atoms with E-state index in [0.717, 1.165) is 0 Å². The molecule has 0 aromatic heterocycles. The molecule has 0 unspecified atom stereocenters. The fourth-order valence-electron chi connectivity index (χ4n) is 1.19. The number of hydrogen-bond acceptors (Lipinski definition) is 1. The molecule has 0 saturated heterocycles. The molecule has 3 heteroatoms. The first kappa shape index (κ1) is 12.9. The minimum atomic E-state index is -0.340. The van der Waals surface area contributed by atoms with E-state index in [9.17, 15) is 4.39 Å². The minimum absolute atomic E-state index is 0.0189. The van der Waals surface area contributed by atoms with Gasteiger partial charge in [-0.25, -0.2) is 4.39 Å². The average molecular weight is 241 g/mol. The molecule has 0 spiro atoms. The van der Waals surface area contributed by atoms with Crippen molar-refractivity contribution < 1.29 is 9.13 Å². The van der Waals surface area contributed by atoms with E-state index in [4.69, 9.17) is 16.3 Å². The predicted molar refractivity (Wildman–Crippen MR) is 64.4 cm³/mol. The number of hydrogen-bond donors (Lipinski definition) is 0. The monoisotopic (exact) mass is 240 g/mol. The molecule has 0 N–H and O–H groups in total. The Hall–Kier alpha value is -1.20. The third kappa shape index (κ3) is 4.55. The van der Waals surface area contributed by atoms with Gasteiger partial charge < -0.3 is 4.74 Å². The van der Waals surface area contributed by atoms with E-state index in [1.165, 1.54) is 12.1 Å². The van der Waals surface area contributed by atoms with Gasteiger partial charge in [-0.3, -0.25) is 0 Å². The summed E-state index contributed by atoms with van der Waals surface area (Å²) in [5.41, 5.74) is 0.612.